The van der Waals surface area contributed by atoms with Crippen LogP contribution in [0.1, 0.15) is 37.3 Å². The van der Waals surface area contributed by atoms with E-state index in [-0.39, 0.29) is 18.1 Å². The van der Waals surface area contributed by atoms with Crippen LogP contribution in [0.2, 0.25) is 0 Å². The second-order valence-corrected chi connectivity index (χ2v) is 7.37. The van der Waals surface area contributed by atoms with E-state index in [1.54, 1.807) is 18.2 Å². The Bertz CT molecular complexity index is 984. The number of carbonyl (C=O) groups is 1. The lowest BCUT2D eigenvalue weighted by molar-refractivity contribution is -0.146. The minimum Gasteiger partial charge on any atom is -0.445 e. The average Bonchev–Trinajstić information content (AvgIpc) is 3.06. The highest BCUT2D eigenvalue weighted by atomic mass is 16.6. The maximum atomic E-state index is 12.1. The van der Waals surface area contributed by atoms with Crippen molar-refractivity contribution in [2.45, 2.75) is 43.9 Å². The highest BCUT2D eigenvalue weighted by molar-refractivity contribution is 5.94. The molecule has 128 valence electrons. The van der Waals surface area contributed by atoms with Crippen molar-refractivity contribution >= 4 is 5.97 Å². The minimum absolute atomic E-state index is 0.243. The van der Waals surface area contributed by atoms with Crippen molar-refractivity contribution in [1.82, 2.24) is 4.90 Å². The Morgan fingerprint density at radius 1 is 1.19 bits per heavy atom. The van der Waals surface area contributed by atoms with E-state index in [4.69, 9.17) is 10.00 Å². The Balaban J connectivity index is 1.58. The zero-order valence-electron chi connectivity index (χ0n) is 14.6. The van der Waals surface area contributed by atoms with Gasteiger partial charge in [0.2, 0.25) is 0 Å². The predicted octanol–water partition coefficient (Wildman–Crippen LogP) is 2.70. The number of hydrogen-bond donors (Lipinski definition) is 0. The van der Waals surface area contributed by atoms with Gasteiger partial charge in [-0.1, -0.05) is 18.3 Å². The molecule has 1 spiro atoms. The Kier molecular flexibility index (Phi) is 3.17. The molecule has 0 radical (unpaired) electrons. The first kappa shape index (κ1) is 15.4. The number of fused-ring (bicyclic) bond motifs is 1. The van der Waals surface area contributed by atoms with Crippen molar-refractivity contribution in [3.63, 3.8) is 0 Å². The van der Waals surface area contributed by atoms with E-state index in [9.17, 15) is 4.79 Å². The summed E-state index contributed by atoms with van der Waals surface area (Å²) in [5.74, 6) is 6.24. The SMILES string of the molecule is C[C@H]1C2=C(C#Cc3ccc(C#N)cc3)C3=CC(=O)O[C@]32C2CCCCN21. The van der Waals surface area contributed by atoms with E-state index in [1.165, 1.54) is 18.4 Å². The fourth-order valence-electron chi connectivity index (χ4n) is 5.06. The number of hydrogen-bond acceptors (Lipinski definition) is 4. The van der Waals surface area contributed by atoms with Crippen LogP contribution in [0.5, 0.6) is 0 Å². The van der Waals surface area contributed by atoms with Crippen molar-refractivity contribution < 1.29 is 9.53 Å². The summed E-state index contributed by atoms with van der Waals surface area (Å²) in [5.41, 5.74) is 4.08. The molecule has 0 N–H and O–H groups in total. The third-order valence-corrected chi connectivity index (χ3v) is 6.14. The van der Waals surface area contributed by atoms with Gasteiger partial charge in [0.15, 0.2) is 5.60 Å². The maximum Gasteiger partial charge on any atom is 0.332 e. The molecule has 1 unspecified atom stereocenters. The lowest BCUT2D eigenvalue weighted by Gasteiger charge is -2.43. The van der Waals surface area contributed by atoms with Gasteiger partial charge in [0.05, 0.1) is 17.7 Å². The zero-order valence-corrected chi connectivity index (χ0v) is 14.6. The molecule has 0 amide bonds. The highest BCUT2D eigenvalue weighted by Crippen LogP contribution is 2.61. The number of rotatable bonds is 0. The van der Waals surface area contributed by atoms with E-state index in [1.807, 2.05) is 12.1 Å². The summed E-state index contributed by atoms with van der Waals surface area (Å²) in [6, 6.07) is 9.89. The van der Waals surface area contributed by atoms with Gasteiger partial charge in [-0.15, -0.1) is 0 Å². The molecule has 2 fully saturated rings. The molecule has 0 saturated carbocycles. The summed E-state index contributed by atoms with van der Waals surface area (Å²) in [6.07, 6.45) is 5.08. The summed E-state index contributed by atoms with van der Waals surface area (Å²) in [4.78, 5) is 14.6. The van der Waals surface area contributed by atoms with E-state index in [2.05, 4.69) is 29.7 Å². The summed E-state index contributed by atoms with van der Waals surface area (Å²) in [6.45, 7) is 3.26. The second-order valence-electron chi connectivity index (χ2n) is 7.37. The van der Waals surface area contributed by atoms with Crippen molar-refractivity contribution in [2.24, 2.45) is 0 Å². The Labute approximate surface area is 152 Å². The lowest BCUT2D eigenvalue weighted by Crippen LogP contribution is -2.52. The van der Waals surface area contributed by atoms with Crippen molar-refractivity contribution in [3.8, 4) is 17.9 Å². The van der Waals surface area contributed by atoms with Crippen LogP contribution in [-0.4, -0.2) is 35.1 Å². The van der Waals surface area contributed by atoms with E-state index in [0.29, 0.717) is 5.56 Å². The minimum atomic E-state index is -0.536. The molecular weight excluding hydrogens is 324 g/mol. The smallest absolute Gasteiger partial charge is 0.332 e. The van der Waals surface area contributed by atoms with Crippen molar-refractivity contribution in [1.29, 1.82) is 5.26 Å². The molecule has 2 saturated heterocycles. The Morgan fingerprint density at radius 2 is 1.96 bits per heavy atom. The van der Waals surface area contributed by atoms with Gasteiger partial charge in [-0.2, -0.15) is 5.26 Å². The third-order valence-electron chi connectivity index (χ3n) is 6.14. The zero-order chi connectivity index (χ0) is 17.9. The maximum absolute atomic E-state index is 12.1. The molecule has 26 heavy (non-hydrogen) atoms. The van der Waals surface area contributed by atoms with E-state index in [0.717, 1.165) is 29.7 Å². The van der Waals surface area contributed by atoms with Crippen molar-refractivity contribution in [3.05, 3.63) is 58.2 Å². The van der Waals surface area contributed by atoms with E-state index >= 15 is 0 Å². The summed E-state index contributed by atoms with van der Waals surface area (Å²) >= 11 is 0. The van der Waals surface area contributed by atoms with Gasteiger partial charge in [-0.25, -0.2) is 4.79 Å². The van der Waals surface area contributed by atoms with Gasteiger partial charge < -0.3 is 4.74 Å². The predicted molar refractivity (Wildman–Crippen MR) is 95.8 cm³/mol. The highest BCUT2D eigenvalue weighted by Gasteiger charge is 2.68. The molecule has 4 nitrogen and oxygen atoms in total. The number of nitriles is 1. The Hall–Kier alpha value is -2.82. The van der Waals surface area contributed by atoms with Gasteiger partial charge in [0, 0.05) is 34.4 Å². The molecule has 1 aromatic rings. The van der Waals surface area contributed by atoms with Gasteiger partial charge in [0.1, 0.15) is 0 Å². The fourth-order valence-corrected chi connectivity index (χ4v) is 5.06. The molecular formula is C22H18N2O2. The number of benzene rings is 1. The fraction of sp³-hybridized carbons (Fsp3) is 0.364. The van der Waals surface area contributed by atoms with E-state index < -0.39 is 5.60 Å². The number of esters is 1. The standard InChI is InChI=1S/C22H18N2O2/c1-14-21-17(10-9-15-5-7-16(13-23)8-6-15)18-12-20(25)26-22(18,21)19-4-2-3-11-24(14)19/h5-8,12,14,19H,2-4,11H2,1H3/t14-,19?,22-/m0/s1. The molecule has 3 atom stereocenters. The van der Waals surface area contributed by atoms with Crippen LogP contribution in [0.3, 0.4) is 0 Å². The van der Waals surface area contributed by atoms with Gasteiger partial charge in [-0.3, -0.25) is 4.90 Å². The first-order chi connectivity index (χ1) is 12.6. The molecule has 4 heteroatoms. The first-order valence-electron chi connectivity index (χ1n) is 9.13. The van der Waals surface area contributed by atoms with Gasteiger partial charge in [0.25, 0.3) is 0 Å². The second kappa shape index (κ2) is 5.34. The lowest BCUT2D eigenvalue weighted by atomic mass is 9.65. The molecule has 4 aliphatic rings. The molecule has 5 rings (SSSR count). The molecule has 0 aromatic heterocycles. The largest absolute Gasteiger partial charge is 0.445 e. The first-order valence-corrected chi connectivity index (χ1v) is 9.13. The van der Waals surface area contributed by atoms with Crippen LogP contribution in [-0.2, 0) is 9.53 Å². The van der Waals surface area contributed by atoms with Gasteiger partial charge >= 0.3 is 5.97 Å². The quantitative estimate of drug-likeness (QED) is 0.537. The molecule has 1 aromatic carbocycles. The number of nitrogens with zero attached hydrogens (tertiary/aromatic N) is 2. The molecule has 1 aliphatic carbocycles. The molecule has 3 heterocycles. The normalized spacial score (nSPS) is 31.5. The van der Waals surface area contributed by atoms with Crippen molar-refractivity contribution in [2.75, 3.05) is 6.54 Å². The summed E-state index contributed by atoms with van der Waals surface area (Å²) in [7, 11) is 0. The van der Waals surface area contributed by atoms with Gasteiger partial charge in [-0.05, 0) is 50.6 Å². The summed E-state index contributed by atoms with van der Waals surface area (Å²) in [5, 5.41) is 8.90. The average molecular weight is 342 g/mol. The van der Waals surface area contributed by atoms with Crippen LogP contribution in [0.25, 0.3) is 0 Å². The number of piperidine rings is 1. The van der Waals surface area contributed by atoms with Crippen LogP contribution < -0.4 is 0 Å². The monoisotopic (exact) mass is 342 g/mol. The summed E-state index contributed by atoms with van der Waals surface area (Å²) < 4.78 is 5.89. The van der Waals surface area contributed by atoms with Crippen LogP contribution in [0, 0.1) is 23.2 Å². The molecule has 3 aliphatic heterocycles. The Morgan fingerprint density at radius 3 is 2.73 bits per heavy atom. The number of ether oxygens (including phenoxy) is 1. The molecule has 0 bridgehead atoms. The topological polar surface area (TPSA) is 53.3 Å². The van der Waals surface area contributed by atoms with Crippen LogP contribution >= 0.6 is 0 Å². The number of carbonyl (C=O) groups excluding carboxylic acids is 1. The van der Waals surface area contributed by atoms with Crippen LogP contribution in [0.15, 0.2) is 47.1 Å². The van der Waals surface area contributed by atoms with Crippen LogP contribution in [0.4, 0.5) is 0 Å². The third kappa shape index (κ3) is 1.86.